The molecule has 0 aliphatic rings. The van der Waals surface area contributed by atoms with Crippen LogP contribution in [-0.4, -0.2) is 9.97 Å². The van der Waals surface area contributed by atoms with Gasteiger partial charge in [0.15, 0.2) is 5.82 Å². The molecule has 0 saturated heterocycles. The highest BCUT2D eigenvalue weighted by molar-refractivity contribution is 7.26. The van der Waals surface area contributed by atoms with Gasteiger partial charge >= 0.3 is 0 Å². The van der Waals surface area contributed by atoms with Crippen molar-refractivity contribution in [2.75, 3.05) is 0 Å². The van der Waals surface area contributed by atoms with Crippen molar-refractivity contribution in [2.24, 2.45) is 0 Å². The Morgan fingerprint density at radius 2 is 1.02 bits per heavy atom. The second kappa shape index (κ2) is 10.5. The normalized spacial score (nSPS) is 11.6. The van der Waals surface area contributed by atoms with Gasteiger partial charge in [0, 0.05) is 36.9 Å². The molecule has 0 saturated carbocycles. The van der Waals surface area contributed by atoms with Crippen LogP contribution in [0.4, 0.5) is 0 Å². The van der Waals surface area contributed by atoms with Gasteiger partial charge in [-0.2, -0.15) is 0 Å². The van der Waals surface area contributed by atoms with Crippen LogP contribution in [0.3, 0.4) is 0 Å². The lowest BCUT2D eigenvalue weighted by molar-refractivity contribution is 1.19. The lowest BCUT2D eigenvalue weighted by Crippen LogP contribution is -1.96. The Hall–Kier alpha value is -5.64. The number of hydrogen-bond acceptors (Lipinski definition) is 3. The zero-order chi connectivity index (χ0) is 29.7. The predicted molar refractivity (Wildman–Crippen MR) is 192 cm³/mol. The van der Waals surface area contributed by atoms with E-state index >= 15 is 0 Å². The number of fused-ring (bicyclic) bond motifs is 6. The fourth-order valence-corrected chi connectivity index (χ4v) is 7.75. The van der Waals surface area contributed by atoms with Gasteiger partial charge in [-0.15, -0.1) is 11.3 Å². The summed E-state index contributed by atoms with van der Waals surface area (Å²) in [6.07, 6.45) is 0. The third-order valence-electron chi connectivity index (χ3n) is 8.69. The van der Waals surface area contributed by atoms with Crippen LogP contribution in [0.2, 0.25) is 0 Å². The maximum atomic E-state index is 5.19. The van der Waals surface area contributed by atoms with E-state index in [1.54, 1.807) is 0 Å². The fourth-order valence-electron chi connectivity index (χ4n) is 6.50. The minimum atomic E-state index is 0.728. The molecule has 45 heavy (non-hydrogen) atoms. The number of benzene rings is 7. The van der Waals surface area contributed by atoms with Crippen LogP contribution in [0.5, 0.6) is 0 Å². The van der Waals surface area contributed by atoms with Crippen LogP contribution in [-0.2, 0) is 0 Å². The molecule has 0 N–H and O–H groups in total. The summed E-state index contributed by atoms with van der Waals surface area (Å²) in [6, 6.07) is 56.1. The first-order valence-electron chi connectivity index (χ1n) is 15.2. The molecule has 9 rings (SSSR count). The van der Waals surface area contributed by atoms with Crippen molar-refractivity contribution in [3.63, 3.8) is 0 Å². The van der Waals surface area contributed by atoms with Crippen molar-refractivity contribution in [2.45, 2.75) is 0 Å². The van der Waals surface area contributed by atoms with Gasteiger partial charge in [0.2, 0.25) is 0 Å². The molecule has 0 aliphatic carbocycles. The van der Waals surface area contributed by atoms with Crippen molar-refractivity contribution >= 4 is 53.1 Å². The van der Waals surface area contributed by atoms with Crippen LogP contribution < -0.4 is 0 Å². The van der Waals surface area contributed by atoms with Gasteiger partial charge in [0.05, 0.1) is 11.4 Å². The third kappa shape index (κ3) is 4.40. The summed E-state index contributed by atoms with van der Waals surface area (Å²) >= 11 is 1.84. The van der Waals surface area contributed by atoms with Gasteiger partial charge in [-0.3, -0.25) is 0 Å². The molecule has 0 spiro atoms. The molecule has 9 aromatic rings. The van der Waals surface area contributed by atoms with Crippen LogP contribution in [0.1, 0.15) is 0 Å². The Kier molecular flexibility index (Phi) is 6.03. The van der Waals surface area contributed by atoms with Crippen molar-refractivity contribution in [1.29, 1.82) is 0 Å². The van der Waals surface area contributed by atoms with Gasteiger partial charge in [-0.05, 0) is 50.9 Å². The Morgan fingerprint density at radius 1 is 0.400 bits per heavy atom. The van der Waals surface area contributed by atoms with E-state index in [4.69, 9.17) is 9.97 Å². The molecule has 0 bridgehead atoms. The van der Waals surface area contributed by atoms with E-state index in [0.717, 1.165) is 33.9 Å². The number of nitrogens with zero attached hydrogens (tertiary/aromatic N) is 2. The van der Waals surface area contributed by atoms with E-state index in [-0.39, 0.29) is 0 Å². The van der Waals surface area contributed by atoms with Crippen molar-refractivity contribution < 1.29 is 0 Å². The highest BCUT2D eigenvalue weighted by atomic mass is 32.1. The molecule has 2 heterocycles. The summed E-state index contributed by atoms with van der Waals surface area (Å²) < 4.78 is 2.51. The summed E-state index contributed by atoms with van der Waals surface area (Å²) in [5.41, 5.74) is 7.50. The maximum absolute atomic E-state index is 5.19. The molecule has 0 fully saturated rings. The monoisotopic (exact) mass is 590 g/mol. The largest absolute Gasteiger partial charge is 0.228 e. The lowest BCUT2D eigenvalue weighted by Gasteiger charge is -2.13. The highest BCUT2D eigenvalue weighted by Gasteiger charge is 2.18. The molecular formula is C42H26N2S. The zero-order valence-corrected chi connectivity index (χ0v) is 25.1. The summed E-state index contributed by atoms with van der Waals surface area (Å²) in [6.45, 7) is 0. The summed E-state index contributed by atoms with van der Waals surface area (Å²) in [5, 5.41) is 7.61. The van der Waals surface area contributed by atoms with Crippen molar-refractivity contribution in [1.82, 2.24) is 9.97 Å². The quantitative estimate of drug-likeness (QED) is 0.191. The molecule has 0 atom stereocenters. The van der Waals surface area contributed by atoms with E-state index in [0.29, 0.717) is 0 Å². The van der Waals surface area contributed by atoms with Crippen LogP contribution in [0, 0.1) is 0 Å². The summed E-state index contributed by atoms with van der Waals surface area (Å²) in [5.74, 6) is 0.728. The first-order chi connectivity index (χ1) is 22.3. The minimum absolute atomic E-state index is 0.728. The maximum Gasteiger partial charge on any atom is 0.160 e. The number of aromatic nitrogens is 2. The van der Waals surface area contributed by atoms with E-state index in [2.05, 4.69) is 133 Å². The Labute approximate surface area is 264 Å². The zero-order valence-electron chi connectivity index (χ0n) is 24.3. The summed E-state index contributed by atoms with van der Waals surface area (Å²) in [4.78, 5) is 10.2. The molecule has 2 aromatic heterocycles. The average Bonchev–Trinajstić information content (AvgIpc) is 3.51. The molecule has 3 heteroatoms. The molecular weight excluding hydrogens is 565 g/mol. The standard InChI is InChI=1S/C42H26N2S/c1-3-12-29(13-4-1)37-26-38(44-42(43-37)30-14-5-2-6-15-30)34-24-23-33(40-35-17-9-10-18-39(35)45-41(34)40)31-22-21-28-20-19-27-11-7-8-16-32(27)36(28)25-31/h1-26H. The Bertz CT molecular complexity index is 2470. The average molecular weight is 591 g/mol. The second-order valence-corrected chi connectivity index (χ2v) is 12.4. The first-order valence-corrected chi connectivity index (χ1v) is 16.0. The van der Waals surface area contributed by atoms with E-state index < -0.39 is 0 Å². The molecule has 2 nitrogen and oxygen atoms in total. The topological polar surface area (TPSA) is 25.8 Å². The molecule has 210 valence electrons. The van der Waals surface area contributed by atoms with Gasteiger partial charge in [-0.25, -0.2) is 9.97 Å². The third-order valence-corrected chi connectivity index (χ3v) is 9.89. The highest BCUT2D eigenvalue weighted by Crippen LogP contribution is 2.45. The Morgan fingerprint density at radius 3 is 1.84 bits per heavy atom. The molecule has 7 aromatic carbocycles. The van der Waals surface area contributed by atoms with Crippen LogP contribution >= 0.6 is 11.3 Å². The molecule has 0 unspecified atom stereocenters. The SMILES string of the molecule is c1ccc(-c2cc(-c3ccc(-c4ccc5ccc6ccccc6c5c4)c4c3sc3ccccc34)nc(-c3ccccc3)n2)cc1. The molecule has 0 amide bonds. The predicted octanol–water partition coefficient (Wildman–Crippen LogP) is 11.8. The minimum Gasteiger partial charge on any atom is -0.228 e. The molecule has 0 radical (unpaired) electrons. The van der Waals surface area contributed by atoms with Crippen molar-refractivity contribution in [3.05, 3.63) is 158 Å². The summed E-state index contributed by atoms with van der Waals surface area (Å²) in [7, 11) is 0. The van der Waals surface area contributed by atoms with E-state index in [1.807, 2.05) is 35.6 Å². The lowest BCUT2D eigenvalue weighted by atomic mass is 9.93. The number of hydrogen-bond donors (Lipinski definition) is 0. The van der Waals surface area contributed by atoms with Crippen molar-refractivity contribution in [3.8, 4) is 45.0 Å². The van der Waals surface area contributed by atoms with Gasteiger partial charge in [0.25, 0.3) is 0 Å². The van der Waals surface area contributed by atoms with E-state index in [1.165, 1.54) is 52.8 Å². The van der Waals surface area contributed by atoms with Gasteiger partial charge in [-0.1, -0.05) is 140 Å². The number of thiophene rings is 1. The van der Waals surface area contributed by atoms with E-state index in [9.17, 15) is 0 Å². The molecule has 0 aliphatic heterocycles. The van der Waals surface area contributed by atoms with Gasteiger partial charge < -0.3 is 0 Å². The van der Waals surface area contributed by atoms with Gasteiger partial charge in [0.1, 0.15) is 0 Å². The fraction of sp³-hybridized carbons (Fsp3) is 0. The smallest absolute Gasteiger partial charge is 0.160 e. The first kappa shape index (κ1) is 25.8. The van der Waals surface area contributed by atoms with Crippen LogP contribution in [0.15, 0.2) is 158 Å². The Balaban J connectivity index is 1.31. The number of rotatable bonds is 4. The van der Waals surface area contributed by atoms with Crippen LogP contribution in [0.25, 0.3) is 86.7 Å². The second-order valence-electron chi connectivity index (χ2n) is 11.4.